The zero-order valence-corrected chi connectivity index (χ0v) is 16.5. The molecule has 1 aliphatic heterocycles. The summed E-state index contributed by atoms with van der Waals surface area (Å²) in [7, 11) is 1.64. The molecule has 4 rings (SSSR count). The molecule has 0 radical (unpaired) electrons. The van der Waals surface area contributed by atoms with E-state index in [4.69, 9.17) is 9.15 Å². The van der Waals surface area contributed by atoms with E-state index in [1.54, 1.807) is 36.3 Å². The van der Waals surface area contributed by atoms with Crippen molar-refractivity contribution in [1.82, 2.24) is 4.90 Å². The van der Waals surface area contributed by atoms with Crippen LogP contribution in [0, 0.1) is 10.1 Å². The minimum absolute atomic E-state index is 0.0105. The fraction of sp³-hybridized carbons (Fsp3) is 0.227. The van der Waals surface area contributed by atoms with Gasteiger partial charge in [-0.25, -0.2) is 0 Å². The first-order valence-corrected chi connectivity index (χ1v) is 9.58. The van der Waals surface area contributed by atoms with Crippen molar-refractivity contribution in [3.8, 4) is 17.1 Å². The first kappa shape index (κ1) is 19.5. The number of carbonyl (C=O) groups is 1. The Morgan fingerprint density at radius 1 is 0.967 bits per heavy atom. The second-order valence-corrected chi connectivity index (χ2v) is 6.95. The minimum atomic E-state index is -0.452. The Morgan fingerprint density at radius 2 is 1.63 bits per heavy atom. The number of ether oxygens (including phenoxy) is 1. The first-order valence-electron chi connectivity index (χ1n) is 9.58. The van der Waals surface area contributed by atoms with E-state index in [0.717, 1.165) is 24.5 Å². The molecule has 154 valence electrons. The maximum Gasteiger partial charge on any atom is 0.289 e. The summed E-state index contributed by atoms with van der Waals surface area (Å²) < 4.78 is 10.9. The molecule has 2 aromatic carbocycles. The molecule has 1 amide bonds. The SMILES string of the molecule is COc1ccc(N2CCN(C(=O)c3ccc(-c4ccc([N+](=O)[O-])cc4)o3)CC2)cc1. The van der Waals surface area contributed by atoms with Gasteiger partial charge in [0.1, 0.15) is 11.5 Å². The van der Waals surface area contributed by atoms with Crippen molar-refractivity contribution in [2.24, 2.45) is 0 Å². The first-order chi connectivity index (χ1) is 14.5. The van der Waals surface area contributed by atoms with E-state index in [2.05, 4.69) is 4.90 Å². The van der Waals surface area contributed by atoms with E-state index >= 15 is 0 Å². The fourth-order valence-corrected chi connectivity index (χ4v) is 3.47. The molecule has 0 saturated carbocycles. The highest BCUT2D eigenvalue weighted by atomic mass is 16.6. The van der Waals surface area contributed by atoms with Gasteiger partial charge in [-0.1, -0.05) is 0 Å². The van der Waals surface area contributed by atoms with Crippen molar-refractivity contribution in [1.29, 1.82) is 0 Å². The third-order valence-corrected chi connectivity index (χ3v) is 5.18. The number of nitro groups is 1. The van der Waals surface area contributed by atoms with Crippen LogP contribution in [0.4, 0.5) is 11.4 Å². The molecule has 1 aromatic heterocycles. The number of nitrogens with zero attached hydrogens (tertiary/aromatic N) is 3. The number of hydrogen-bond acceptors (Lipinski definition) is 6. The summed E-state index contributed by atoms with van der Waals surface area (Å²) in [6, 6.07) is 17.3. The second kappa shape index (κ2) is 8.28. The lowest BCUT2D eigenvalue weighted by Gasteiger charge is -2.35. The van der Waals surface area contributed by atoms with Gasteiger partial charge in [-0.05, 0) is 48.5 Å². The van der Waals surface area contributed by atoms with Crippen molar-refractivity contribution in [3.63, 3.8) is 0 Å². The monoisotopic (exact) mass is 407 g/mol. The van der Waals surface area contributed by atoms with Crippen LogP contribution in [0.15, 0.2) is 65.1 Å². The van der Waals surface area contributed by atoms with Crippen LogP contribution >= 0.6 is 0 Å². The Morgan fingerprint density at radius 3 is 2.23 bits per heavy atom. The molecule has 0 unspecified atom stereocenters. The number of non-ortho nitro benzene ring substituents is 1. The van der Waals surface area contributed by atoms with Crippen LogP contribution in [0.2, 0.25) is 0 Å². The number of furan rings is 1. The van der Waals surface area contributed by atoms with Crippen molar-refractivity contribution in [2.45, 2.75) is 0 Å². The smallest absolute Gasteiger partial charge is 0.289 e. The second-order valence-electron chi connectivity index (χ2n) is 6.95. The van der Waals surface area contributed by atoms with Crippen LogP contribution in [0.1, 0.15) is 10.6 Å². The van der Waals surface area contributed by atoms with Crippen LogP contribution in [-0.2, 0) is 0 Å². The molecule has 0 spiro atoms. The van der Waals surface area contributed by atoms with Crippen molar-refractivity contribution in [3.05, 3.63) is 76.5 Å². The molecule has 0 atom stereocenters. The lowest BCUT2D eigenvalue weighted by atomic mass is 10.1. The molecule has 1 saturated heterocycles. The number of hydrogen-bond donors (Lipinski definition) is 0. The maximum absolute atomic E-state index is 12.8. The van der Waals surface area contributed by atoms with Gasteiger partial charge in [0.25, 0.3) is 11.6 Å². The van der Waals surface area contributed by atoms with Gasteiger partial charge in [-0.3, -0.25) is 14.9 Å². The fourth-order valence-electron chi connectivity index (χ4n) is 3.47. The Labute approximate surface area is 173 Å². The molecule has 1 aliphatic rings. The van der Waals surface area contributed by atoms with Crippen LogP contribution in [0.25, 0.3) is 11.3 Å². The number of anilines is 1. The van der Waals surface area contributed by atoms with Gasteiger partial charge in [-0.2, -0.15) is 0 Å². The number of benzene rings is 2. The number of amides is 1. The average Bonchev–Trinajstić information content (AvgIpc) is 3.29. The normalized spacial score (nSPS) is 13.9. The van der Waals surface area contributed by atoms with E-state index in [-0.39, 0.29) is 17.4 Å². The van der Waals surface area contributed by atoms with Gasteiger partial charge in [0.15, 0.2) is 5.76 Å². The van der Waals surface area contributed by atoms with Gasteiger partial charge in [0.2, 0.25) is 0 Å². The maximum atomic E-state index is 12.8. The standard InChI is InChI=1S/C22H21N3O5/c1-29-19-8-6-17(7-9-19)23-12-14-24(15-13-23)22(26)21-11-10-20(30-21)16-2-4-18(5-3-16)25(27)28/h2-11H,12-15H2,1H3. The van der Waals surface area contributed by atoms with E-state index in [1.807, 2.05) is 24.3 Å². The zero-order chi connectivity index (χ0) is 21.1. The third-order valence-electron chi connectivity index (χ3n) is 5.18. The molecule has 1 fully saturated rings. The van der Waals surface area contributed by atoms with Gasteiger partial charge >= 0.3 is 0 Å². The lowest BCUT2D eigenvalue weighted by Crippen LogP contribution is -2.48. The molecule has 0 N–H and O–H groups in total. The summed E-state index contributed by atoms with van der Waals surface area (Å²) in [4.78, 5) is 27.2. The molecule has 0 aliphatic carbocycles. The highest BCUT2D eigenvalue weighted by molar-refractivity contribution is 5.92. The van der Waals surface area contributed by atoms with E-state index in [1.165, 1.54) is 12.1 Å². The topological polar surface area (TPSA) is 89.1 Å². The average molecular weight is 407 g/mol. The van der Waals surface area contributed by atoms with Gasteiger partial charge < -0.3 is 19.0 Å². The van der Waals surface area contributed by atoms with Crippen molar-refractivity contribution in [2.75, 3.05) is 38.2 Å². The Kier molecular flexibility index (Phi) is 5.38. The lowest BCUT2D eigenvalue weighted by molar-refractivity contribution is -0.384. The summed E-state index contributed by atoms with van der Waals surface area (Å²) >= 11 is 0. The molecule has 0 bridgehead atoms. The minimum Gasteiger partial charge on any atom is -0.497 e. The molecule has 30 heavy (non-hydrogen) atoms. The van der Waals surface area contributed by atoms with E-state index in [0.29, 0.717) is 24.4 Å². The highest BCUT2D eigenvalue weighted by Gasteiger charge is 2.24. The number of rotatable bonds is 5. The predicted octanol–water partition coefficient (Wildman–Crippen LogP) is 3.83. The van der Waals surface area contributed by atoms with Gasteiger partial charge in [-0.15, -0.1) is 0 Å². The number of methoxy groups -OCH3 is 1. The van der Waals surface area contributed by atoms with E-state index in [9.17, 15) is 14.9 Å². The molecule has 8 nitrogen and oxygen atoms in total. The van der Waals surface area contributed by atoms with Crippen molar-refractivity contribution >= 4 is 17.3 Å². The molecular formula is C22H21N3O5. The Balaban J connectivity index is 1.39. The van der Waals surface area contributed by atoms with Crippen LogP contribution in [-0.4, -0.2) is 49.0 Å². The van der Waals surface area contributed by atoms with E-state index < -0.39 is 4.92 Å². The highest BCUT2D eigenvalue weighted by Crippen LogP contribution is 2.26. The van der Waals surface area contributed by atoms with Gasteiger partial charge in [0.05, 0.1) is 12.0 Å². The molecule has 2 heterocycles. The summed E-state index contributed by atoms with van der Waals surface area (Å²) in [5.41, 5.74) is 1.79. The summed E-state index contributed by atoms with van der Waals surface area (Å²) in [5.74, 6) is 1.43. The third kappa shape index (κ3) is 3.98. The van der Waals surface area contributed by atoms with Crippen molar-refractivity contribution < 1.29 is 18.9 Å². The Bertz CT molecular complexity index is 1040. The zero-order valence-electron chi connectivity index (χ0n) is 16.5. The predicted molar refractivity (Wildman–Crippen MR) is 112 cm³/mol. The number of nitro benzene ring substituents is 1. The van der Waals surface area contributed by atoms with Crippen LogP contribution in [0.5, 0.6) is 5.75 Å². The Hall–Kier alpha value is -3.81. The van der Waals surface area contributed by atoms with Gasteiger partial charge in [0, 0.05) is 49.6 Å². The summed E-state index contributed by atoms with van der Waals surface area (Å²) in [6.45, 7) is 2.65. The van der Waals surface area contributed by atoms with Crippen LogP contribution in [0.3, 0.4) is 0 Å². The largest absolute Gasteiger partial charge is 0.497 e. The number of carbonyl (C=O) groups excluding carboxylic acids is 1. The molecule has 8 heteroatoms. The quantitative estimate of drug-likeness (QED) is 0.472. The summed E-state index contributed by atoms with van der Waals surface area (Å²) in [5, 5.41) is 10.8. The van der Waals surface area contributed by atoms with Crippen LogP contribution < -0.4 is 9.64 Å². The summed E-state index contributed by atoms with van der Waals surface area (Å²) in [6.07, 6.45) is 0. The molecule has 3 aromatic rings. The molecular weight excluding hydrogens is 386 g/mol. The number of piperazine rings is 1.